The third kappa shape index (κ3) is 4.42. The molecule has 0 unspecified atom stereocenters. The molecule has 0 atom stereocenters. The number of carbonyl (C=O) groups excluding carboxylic acids is 1. The molecule has 1 N–H and O–H groups in total. The van der Waals surface area contributed by atoms with Crippen LogP contribution in [-0.2, 0) is 19.9 Å². The summed E-state index contributed by atoms with van der Waals surface area (Å²) in [5, 5.41) is 7.03. The molecule has 7 heteroatoms. The van der Waals surface area contributed by atoms with E-state index < -0.39 is 0 Å². The summed E-state index contributed by atoms with van der Waals surface area (Å²) in [6, 6.07) is 8.20. The molecule has 1 aromatic heterocycles. The van der Waals surface area contributed by atoms with Crippen LogP contribution >= 0.6 is 0 Å². The van der Waals surface area contributed by atoms with Crippen molar-refractivity contribution in [2.24, 2.45) is 7.05 Å². The molecule has 27 heavy (non-hydrogen) atoms. The van der Waals surface area contributed by atoms with E-state index in [2.05, 4.69) is 33.5 Å². The number of hydrogen-bond acceptors (Lipinski definition) is 4. The predicted octanol–water partition coefficient (Wildman–Crippen LogP) is 2.14. The van der Waals surface area contributed by atoms with Gasteiger partial charge in [-0.15, -0.1) is 0 Å². The molecular formula is C20H27N5O2. The highest BCUT2D eigenvalue weighted by atomic mass is 16.5. The largest absolute Gasteiger partial charge is 0.492 e. The van der Waals surface area contributed by atoms with E-state index in [4.69, 9.17) is 4.74 Å². The molecule has 2 amide bonds. The minimum atomic E-state index is -0.0808. The first kappa shape index (κ1) is 17.9. The lowest BCUT2D eigenvalue weighted by Gasteiger charge is -2.34. The second kappa shape index (κ2) is 8.00. The number of nitrogens with zero attached hydrogens (tertiary/aromatic N) is 4. The van der Waals surface area contributed by atoms with Crippen molar-refractivity contribution in [1.29, 1.82) is 0 Å². The fraction of sp³-hybridized carbons (Fsp3) is 0.500. The number of anilines is 1. The van der Waals surface area contributed by atoms with E-state index in [1.165, 1.54) is 30.4 Å². The predicted molar refractivity (Wildman–Crippen MR) is 104 cm³/mol. The van der Waals surface area contributed by atoms with E-state index in [9.17, 15) is 4.79 Å². The van der Waals surface area contributed by atoms with E-state index in [-0.39, 0.29) is 6.03 Å². The molecule has 1 aliphatic heterocycles. The summed E-state index contributed by atoms with van der Waals surface area (Å²) in [4.78, 5) is 16.5. The van der Waals surface area contributed by atoms with Gasteiger partial charge in [-0.1, -0.05) is 6.07 Å². The molecule has 1 saturated heterocycles. The zero-order chi connectivity index (χ0) is 18.6. The lowest BCUT2D eigenvalue weighted by Crippen LogP contribution is -2.50. The fourth-order valence-electron chi connectivity index (χ4n) is 3.78. The molecule has 0 bridgehead atoms. The van der Waals surface area contributed by atoms with Gasteiger partial charge in [0.25, 0.3) is 0 Å². The Morgan fingerprint density at radius 3 is 2.74 bits per heavy atom. The molecule has 1 aromatic carbocycles. The van der Waals surface area contributed by atoms with Gasteiger partial charge in [-0.25, -0.2) is 4.79 Å². The third-order valence-corrected chi connectivity index (χ3v) is 5.35. The van der Waals surface area contributed by atoms with Gasteiger partial charge < -0.3 is 9.64 Å². The highest BCUT2D eigenvalue weighted by Crippen LogP contribution is 2.26. The third-order valence-electron chi connectivity index (χ3n) is 5.35. The number of fused-ring (bicyclic) bond motifs is 1. The maximum Gasteiger partial charge on any atom is 0.323 e. The first-order valence-electron chi connectivity index (χ1n) is 9.70. The number of urea groups is 1. The number of benzene rings is 1. The van der Waals surface area contributed by atoms with Crippen LogP contribution in [0.4, 0.5) is 10.6 Å². The Labute approximate surface area is 159 Å². The van der Waals surface area contributed by atoms with Crippen LogP contribution in [0.1, 0.15) is 17.5 Å². The number of hydrogen-bond donors (Lipinski definition) is 1. The van der Waals surface area contributed by atoms with Crippen molar-refractivity contribution in [3.05, 3.63) is 41.6 Å². The maximum atomic E-state index is 12.3. The monoisotopic (exact) mass is 369 g/mol. The highest BCUT2D eigenvalue weighted by molar-refractivity contribution is 5.88. The number of carbonyl (C=O) groups is 1. The fourth-order valence-corrected chi connectivity index (χ4v) is 3.78. The maximum absolute atomic E-state index is 12.3. The van der Waals surface area contributed by atoms with Gasteiger partial charge in [0.15, 0.2) is 5.82 Å². The van der Waals surface area contributed by atoms with Gasteiger partial charge in [0.05, 0.1) is 0 Å². The Morgan fingerprint density at radius 2 is 1.96 bits per heavy atom. The number of piperazine rings is 1. The van der Waals surface area contributed by atoms with E-state index in [1.807, 2.05) is 18.1 Å². The summed E-state index contributed by atoms with van der Waals surface area (Å²) in [7, 11) is 1.83. The number of amides is 2. The summed E-state index contributed by atoms with van der Waals surface area (Å²) in [6.07, 6.45) is 5.45. The van der Waals surface area contributed by atoms with Gasteiger partial charge in [0.2, 0.25) is 0 Å². The Balaban J connectivity index is 1.18. The summed E-state index contributed by atoms with van der Waals surface area (Å²) in [5.41, 5.74) is 2.92. The number of ether oxygens (including phenoxy) is 1. The molecule has 0 saturated carbocycles. The quantitative estimate of drug-likeness (QED) is 0.877. The Hall–Kier alpha value is -2.54. The van der Waals surface area contributed by atoms with E-state index in [1.54, 1.807) is 10.7 Å². The SMILES string of the molecule is Cn1ccc(NC(=O)N2CCN(CCOc3ccc4c(c3)CCC4)CC2)n1. The lowest BCUT2D eigenvalue weighted by molar-refractivity contribution is 0.132. The number of rotatable bonds is 5. The molecule has 2 aromatic rings. The molecule has 4 rings (SSSR count). The van der Waals surface area contributed by atoms with Crippen LogP contribution in [-0.4, -0.2) is 64.9 Å². The van der Waals surface area contributed by atoms with Gasteiger partial charge in [0, 0.05) is 52.0 Å². The van der Waals surface area contributed by atoms with Crippen molar-refractivity contribution < 1.29 is 9.53 Å². The minimum Gasteiger partial charge on any atom is -0.492 e. The molecule has 0 spiro atoms. The molecule has 1 aliphatic carbocycles. The minimum absolute atomic E-state index is 0.0808. The Morgan fingerprint density at radius 1 is 1.15 bits per heavy atom. The zero-order valence-corrected chi connectivity index (χ0v) is 15.9. The molecule has 0 radical (unpaired) electrons. The summed E-state index contributed by atoms with van der Waals surface area (Å²) < 4.78 is 7.62. The number of aryl methyl sites for hydroxylation is 3. The van der Waals surface area contributed by atoms with Gasteiger partial charge >= 0.3 is 6.03 Å². The van der Waals surface area contributed by atoms with Crippen molar-refractivity contribution in [2.45, 2.75) is 19.3 Å². The van der Waals surface area contributed by atoms with Crippen molar-refractivity contribution in [3.8, 4) is 5.75 Å². The van der Waals surface area contributed by atoms with Gasteiger partial charge in [-0.3, -0.25) is 14.9 Å². The number of nitrogens with one attached hydrogen (secondary N) is 1. The molecular weight excluding hydrogens is 342 g/mol. The first-order valence-corrected chi connectivity index (χ1v) is 9.70. The van der Waals surface area contributed by atoms with Crippen molar-refractivity contribution >= 4 is 11.8 Å². The Bertz CT molecular complexity index is 795. The van der Waals surface area contributed by atoms with E-state index >= 15 is 0 Å². The van der Waals surface area contributed by atoms with E-state index in [0.29, 0.717) is 12.4 Å². The van der Waals surface area contributed by atoms with Crippen LogP contribution in [0.2, 0.25) is 0 Å². The average molecular weight is 369 g/mol. The average Bonchev–Trinajstić information content (AvgIpc) is 3.30. The first-order chi connectivity index (χ1) is 13.2. The second-order valence-corrected chi connectivity index (χ2v) is 7.27. The highest BCUT2D eigenvalue weighted by Gasteiger charge is 2.21. The standard InChI is InChI=1S/C20H27N5O2/c1-23-8-7-19(22-23)21-20(26)25-11-9-24(10-12-25)13-14-27-18-6-5-16-3-2-4-17(16)15-18/h5-8,15H,2-4,9-14H2,1H3,(H,21,22,26). The van der Waals surface area contributed by atoms with Crippen molar-refractivity contribution in [2.75, 3.05) is 44.6 Å². The van der Waals surface area contributed by atoms with Crippen LogP contribution in [0, 0.1) is 0 Å². The van der Waals surface area contributed by atoms with Crippen LogP contribution in [0.5, 0.6) is 5.75 Å². The summed E-state index contributed by atoms with van der Waals surface area (Å²) in [5.74, 6) is 1.57. The normalized spacial score (nSPS) is 17.0. The Kier molecular flexibility index (Phi) is 5.29. The van der Waals surface area contributed by atoms with Gasteiger partial charge in [-0.05, 0) is 42.5 Å². The molecule has 7 nitrogen and oxygen atoms in total. The summed E-state index contributed by atoms with van der Waals surface area (Å²) >= 11 is 0. The molecule has 2 aliphatic rings. The smallest absolute Gasteiger partial charge is 0.323 e. The topological polar surface area (TPSA) is 62.6 Å². The second-order valence-electron chi connectivity index (χ2n) is 7.27. The molecule has 144 valence electrons. The summed E-state index contributed by atoms with van der Waals surface area (Å²) in [6.45, 7) is 4.73. The van der Waals surface area contributed by atoms with Crippen molar-refractivity contribution in [3.63, 3.8) is 0 Å². The van der Waals surface area contributed by atoms with E-state index in [0.717, 1.165) is 38.5 Å². The van der Waals surface area contributed by atoms with Crippen LogP contribution in [0.15, 0.2) is 30.5 Å². The van der Waals surface area contributed by atoms with Gasteiger partial charge in [0.1, 0.15) is 12.4 Å². The zero-order valence-electron chi connectivity index (χ0n) is 15.9. The van der Waals surface area contributed by atoms with Crippen LogP contribution < -0.4 is 10.1 Å². The van der Waals surface area contributed by atoms with Crippen molar-refractivity contribution in [1.82, 2.24) is 19.6 Å². The van der Waals surface area contributed by atoms with Crippen LogP contribution in [0.3, 0.4) is 0 Å². The molecule has 2 heterocycles. The number of aromatic nitrogens is 2. The molecule has 1 fully saturated rings. The van der Waals surface area contributed by atoms with Crippen LogP contribution in [0.25, 0.3) is 0 Å². The van der Waals surface area contributed by atoms with Gasteiger partial charge in [-0.2, -0.15) is 5.10 Å². The lowest BCUT2D eigenvalue weighted by atomic mass is 10.1.